The molecular weight excluding hydrogens is 611 g/mol. The first-order valence-corrected chi connectivity index (χ1v) is 18.6. The molecule has 0 unspecified atom stereocenters. The van der Waals surface area contributed by atoms with Gasteiger partial charge in [-0.05, 0) is 49.1 Å². The van der Waals surface area contributed by atoms with Crippen molar-refractivity contribution in [1.82, 2.24) is 15.0 Å². The summed E-state index contributed by atoms with van der Waals surface area (Å²) in [6, 6.07) is 67.1. The smallest absolute Gasteiger partial charge is 0.180 e. The van der Waals surface area contributed by atoms with E-state index in [1.165, 1.54) is 37.4 Å². The predicted molar refractivity (Wildman–Crippen MR) is 204 cm³/mol. The molecule has 0 fully saturated rings. The lowest BCUT2D eigenvalue weighted by Gasteiger charge is -2.31. The molecule has 9 rings (SSSR count). The van der Waals surface area contributed by atoms with E-state index in [1.807, 2.05) is 24.3 Å². The third kappa shape index (κ3) is 4.93. The van der Waals surface area contributed by atoms with Crippen molar-refractivity contribution in [3.63, 3.8) is 0 Å². The zero-order valence-electron chi connectivity index (χ0n) is 26.7. The van der Waals surface area contributed by atoms with Crippen LogP contribution >= 0.6 is 0 Å². The molecule has 8 aromatic rings. The number of hydrogen-bond acceptors (Lipinski definition) is 3. The maximum absolute atomic E-state index is 5.13. The zero-order chi connectivity index (χ0) is 32.6. The summed E-state index contributed by atoms with van der Waals surface area (Å²) in [6.07, 6.45) is 0. The van der Waals surface area contributed by atoms with Gasteiger partial charge >= 0.3 is 0 Å². The molecule has 0 saturated carbocycles. The Bertz CT molecular complexity index is 2370. The summed E-state index contributed by atoms with van der Waals surface area (Å²) in [5.74, 6) is 1.97. The Balaban J connectivity index is 1.23. The van der Waals surface area contributed by atoms with Crippen LogP contribution in [0, 0.1) is 0 Å². The summed E-state index contributed by atoms with van der Waals surface area (Å²) >= 11 is 0. The van der Waals surface area contributed by atoms with Gasteiger partial charge < -0.3 is 0 Å². The number of benzene rings is 7. The van der Waals surface area contributed by atoms with E-state index >= 15 is 0 Å². The average Bonchev–Trinajstić information content (AvgIpc) is 3.49. The van der Waals surface area contributed by atoms with E-state index in [4.69, 9.17) is 15.0 Å². The molecule has 3 nitrogen and oxygen atoms in total. The van der Waals surface area contributed by atoms with Crippen LogP contribution in [0.3, 0.4) is 0 Å². The molecule has 0 aliphatic carbocycles. The molecule has 4 heteroatoms. The lowest BCUT2D eigenvalue weighted by Crippen LogP contribution is -2.72. The second-order valence-electron chi connectivity index (χ2n) is 12.4. The van der Waals surface area contributed by atoms with Crippen molar-refractivity contribution in [3.8, 4) is 56.4 Å². The Morgan fingerprint density at radius 3 is 1.27 bits per heavy atom. The van der Waals surface area contributed by atoms with Crippen molar-refractivity contribution in [3.05, 3.63) is 188 Å². The maximum atomic E-state index is 5.13. The van der Waals surface area contributed by atoms with Crippen LogP contribution in [0.25, 0.3) is 56.4 Å². The molecule has 230 valence electrons. The van der Waals surface area contributed by atoms with Crippen LogP contribution in [0.4, 0.5) is 0 Å². The van der Waals surface area contributed by atoms with E-state index < -0.39 is 8.07 Å². The van der Waals surface area contributed by atoms with Gasteiger partial charge in [0, 0.05) is 16.7 Å². The van der Waals surface area contributed by atoms with E-state index in [0.29, 0.717) is 17.5 Å². The fourth-order valence-electron chi connectivity index (χ4n) is 7.38. The molecule has 0 amide bonds. The van der Waals surface area contributed by atoms with Crippen molar-refractivity contribution < 1.29 is 0 Å². The second-order valence-corrected chi connectivity index (χ2v) is 16.1. The summed E-state index contributed by atoms with van der Waals surface area (Å²) in [4.78, 5) is 15.2. The van der Waals surface area contributed by atoms with Gasteiger partial charge in [0.2, 0.25) is 0 Å². The Labute approximate surface area is 287 Å². The minimum atomic E-state index is -2.56. The third-order valence-electron chi connectivity index (χ3n) is 9.63. The molecule has 49 heavy (non-hydrogen) atoms. The van der Waals surface area contributed by atoms with Crippen LogP contribution in [0.5, 0.6) is 0 Å². The quantitative estimate of drug-likeness (QED) is 0.173. The highest BCUT2D eigenvalue weighted by atomic mass is 28.3. The first-order chi connectivity index (χ1) is 24.3. The van der Waals surface area contributed by atoms with Gasteiger partial charge in [0.1, 0.15) is 0 Å². The number of rotatable bonds is 6. The second kappa shape index (κ2) is 12.1. The van der Waals surface area contributed by atoms with Crippen molar-refractivity contribution in [1.29, 1.82) is 0 Å². The van der Waals surface area contributed by atoms with E-state index in [-0.39, 0.29) is 0 Å². The highest BCUT2D eigenvalue weighted by Crippen LogP contribution is 2.33. The first kappa shape index (κ1) is 28.9. The molecule has 0 N–H and O–H groups in total. The third-order valence-corrected chi connectivity index (χ3v) is 14.5. The molecule has 2 heterocycles. The van der Waals surface area contributed by atoms with Crippen molar-refractivity contribution in [2.45, 2.75) is 0 Å². The van der Waals surface area contributed by atoms with Crippen LogP contribution in [0.15, 0.2) is 188 Å². The van der Waals surface area contributed by atoms with Crippen LogP contribution in [-0.4, -0.2) is 23.0 Å². The highest BCUT2D eigenvalue weighted by Gasteiger charge is 2.48. The molecule has 1 aromatic heterocycles. The standard InChI is InChI=1S/C45H31N3Si/c1-5-15-32(16-6-1)33-25-27-35(28-26-33)44-46-43(34-17-7-2-8-18-34)47-45(48-44)36-29-30-42-40(31-36)39-23-13-14-24-41(39)49(42,37-19-9-3-10-20-37)38-21-11-4-12-22-38/h1-31H. The molecule has 0 saturated heterocycles. The fourth-order valence-corrected chi connectivity index (χ4v) is 12.5. The van der Waals surface area contributed by atoms with Gasteiger partial charge in [-0.25, -0.2) is 15.0 Å². The number of nitrogens with zero attached hydrogens (tertiary/aromatic N) is 3. The van der Waals surface area contributed by atoms with E-state index in [0.717, 1.165) is 22.3 Å². The monoisotopic (exact) mass is 641 g/mol. The van der Waals surface area contributed by atoms with Gasteiger partial charge in [-0.15, -0.1) is 0 Å². The molecule has 1 aliphatic heterocycles. The summed E-state index contributed by atoms with van der Waals surface area (Å²) in [7, 11) is -2.56. The minimum Gasteiger partial charge on any atom is -0.208 e. The van der Waals surface area contributed by atoms with Crippen LogP contribution in [0.2, 0.25) is 0 Å². The Kier molecular flexibility index (Phi) is 7.14. The number of aromatic nitrogens is 3. The Morgan fingerprint density at radius 1 is 0.286 bits per heavy atom. The van der Waals surface area contributed by atoms with Crippen LogP contribution < -0.4 is 20.7 Å². The molecular formula is C45H31N3Si. The average molecular weight is 642 g/mol. The summed E-state index contributed by atoms with van der Waals surface area (Å²) < 4.78 is 0. The topological polar surface area (TPSA) is 38.7 Å². The van der Waals surface area contributed by atoms with Gasteiger partial charge in [0.05, 0.1) is 0 Å². The largest absolute Gasteiger partial charge is 0.208 e. The van der Waals surface area contributed by atoms with Gasteiger partial charge in [-0.1, -0.05) is 182 Å². The summed E-state index contributed by atoms with van der Waals surface area (Å²) in [5, 5.41) is 5.57. The first-order valence-electron chi connectivity index (χ1n) is 16.6. The molecule has 0 spiro atoms. The molecule has 1 aliphatic rings. The lowest BCUT2D eigenvalue weighted by atomic mass is 10.0. The fraction of sp³-hybridized carbons (Fsp3) is 0. The molecule has 0 atom stereocenters. The summed E-state index contributed by atoms with van der Waals surface area (Å²) in [5.41, 5.74) is 7.76. The Hall–Kier alpha value is -6.23. The van der Waals surface area contributed by atoms with Crippen molar-refractivity contribution in [2.24, 2.45) is 0 Å². The zero-order valence-corrected chi connectivity index (χ0v) is 27.7. The molecule has 0 radical (unpaired) electrons. The minimum absolute atomic E-state index is 0.654. The van der Waals surface area contributed by atoms with E-state index in [9.17, 15) is 0 Å². The van der Waals surface area contributed by atoms with Gasteiger partial charge in [0.15, 0.2) is 25.5 Å². The predicted octanol–water partition coefficient (Wildman–Crippen LogP) is 7.90. The van der Waals surface area contributed by atoms with E-state index in [1.54, 1.807) is 0 Å². The normalized spacial score (nSPS) is 12.7. The van der Waals surface area contributed by atoms with E-state index in [2.05, 4.69) is 164 Å². The van der Waals surface area contributed by atoms with Crippen molar-refractivity contribution in [2.75, 3.05) is 0 Å². The van der Waals surface area contributed by atoms with Gasteiger partial charge in [0.25, 0.3) is 0 Å². The Morgan fingerprint density at radius 2 is 0.673 bits per heavy atom. The maximum Gasteiger partial charge on any atom is 0.180 e. The number of hydrogen-bond donors (Lipinski definition) is 0. The van der Waals surface area contributed by atoms with Gasteiger partial charge in [-0.2, -0.15) is 0 Å². The van der Waals surface area contributed by atoms with Gasteiger partial charge in [-0.3, -0.25) is 0 Å². The number of fused-ring (bicyclic) bond motifs is 3. The highest BCUT2D eigenvalue weighted by molar-refractivity contribution is 7.22. The molecule has 0 bridgehead atoms. The molecule has 7 aromatic carbocycles. The van der Waals surface area contributed by atoms with Crippen LogP contribution in [-0.2, 0) is 0 Å². The summed E-state index contributed by atoms with van der Waals surface area (Å²) in [6.45, 7) is 0. The van der Waals surface area contributed by atoms with Crippen LogP contribution in [0.1, 0.15) is 0 Å². The van der Waals surface area contributed by atoms with Crippen molar-refractivity contribution >= 4 is 28.8 Å². The lowest BCUT2D eigenvalue weighted by molar-refractivity contribution is 1.07. The SMILES string of the molecule is c1ccc(-c2ccc(-c3nc(-c4ccccc4)nc(-c4ccc5c(c4)-c4ccccc4[Si]5(c4ccccc4)c4ccccc4)n3)cc2)cc1.